The molecular formula is C30H24N2. The Morgan fingerprint density at radius 3 is 1.91 bits per heavy atom. The van der Waals surface area contributed by atoms with Crippen molar-refractivity contribution >= 4 is 5.57 Å². The van der Waals surface area contributed by atoms with Crippen molar-refractivity contribution in [3.8, 4) is 11.4 Å². The second kappa shape index (κ2) is 7.72. The highest BCUT2D eigenvalue weighted by molar-refractivity contribution is 5.93. The molecule has 1 heterocycles. The number of hydrogen-bond donors (Lipinski definition) is 0. The Hall–Kier alpha value is -3.78. The zero-order valence-electron chi connectivity index (χ0n) is 17.9. The third-order valence-electron chi connectivity index (χ3n) is 6.69. The minimum atomic E-state index is -0.400. The van der Waals surface area contributed by atoms with E-state index >= 15 is 0 Å². The molecule has 0 radical (unpaired) electrons. The van der Waals surface area contributed by atoms with E-state index in [1.165, 1.54) is 34.3 Å². The molecule has 0 spiro atoms. The van der Waals surface area contributed by atoms with Gasteiger partial charge in [-0.15, -0.1) is 0 Å². The van der Waals surface area contributed by atoms with E-state index < -0.39 is 5.41 Å². The van der Waals surface area contributed by atoms with E-state index in [4.69, 9.17) is 9.97 Å². The van der Waals surface area contributed by atoms with E-state index in [1.807, 2.05) is 18.2 Å². The first-order valence-corrected chi connectivity index (χ1v) is 11.3. The predicted octanol–water partition coefficient (Wildman–Crippen LogP) is 6.99. The number of hydrogen-bond acceptors (Lipinski definition) is 2. The number of allylic oxidation sites excluding steroid dienone is 4. The van der Waals surface area contributed by atoms with Crippen molar-refractivity contribution in [3.63, 3.8) is 0 Å². The summed E-state index contributed by atoms with van der Waals surface area (Å²) in [4.78, 5) is 10.1. The number of rotatable bonds is 3. The molecule has 3 aromatic carbocycles. The highest BCUT2D eigenvalue weighted by atomic mass is 14.9. The molecule has 0 unspecified atom stereocenters. The molecule has 32 heavy (non-hydrogen) atoms. The lowest BCUT2D eigenvalue weighted by atomic mass is 9.67. The summed E-state index contributed by atoms with van der Waals surface area (Å²) in [5, 5.41) is 0. The van der Waals surface area contributed by atoms with E-state index in [2.05, 4.69) is 91.1 Å². The van der Waals surface area contributed by atoms with Gasteiger partial charge in [0.05, 0.1) is 11.1 Å². The highest BCUT2D eigenvalue weighted by Gasteiger charge is 2.49. The summed E-state index contributed by atoms with van der Waals surface area (Å²) in [5.74, 6) is 0.783. The van der Waals surface area contributed by atoms with Gasteiger partial charge in [-0.3, -0.25) is 0 Å². The average molecular weight is 413 g/mol. The minimum absolute atomic E-state index is 0.400. The molecule has 2 heteroatoms. The van der Waals surface area contributed by atoms with Crippen LogP contribution in [0.15, 0.2) is 115 Å². The van der Waals surface area contributed by atoms with Crippen LogP contribution in [-0.4, -0.2) is 9.97 Å². The van der Waals surface area contributed by atoms with Crippen molar-refractivity contribution in [2.75, 3.05) is 0 Å². The van der Waals surface area contributed by atoms with Gasteiger partial charge in [0.1, 0.15) is 0 Å². The molecule has 2 aliphatic rings. The summed E-state index contributed by atoms with van der Waals surface area (Å²) < 4.78 is 0. The third kappa shape index (κ3) is 2.80. The molecule has 6 rings (SSSR count). The number of nitrogens with zero attached hydrogens (tertiary/aromatic N) is 2. The zero-order chi connectivity index (χ0) is 21.4. The molecule has 2 aliphatic carbocycles. The van der Waals surface area contributed by atoms with Crippen LogP contribution in [0.1, 0.15) is 41.6 Å². The van der Waals surface area contributed by atoms with Gasteiger partial charge in [0.25, 0.3) is 0 Å². The maximum atomic E-state index is 5.18. The van der Waals surface area contributed by atoms with E-state index in [0.29, 0.717) is 0 Å². The van der Waals surface area contributed by atoms with Crippen LogP contribution in [0.25, 0.3) is 17.0 Å². The summed E-state index contributed by atoms with van der Waals surface area (Å²) in [7, 11) is 0. The molecule has 1 aromatic heterocycles. The van der Waals surface area contributed by atoms with E-state index in [1.54, 1.807) is 0 Å². The van der Waals surface area contributed by atoms with Gasteiger partial charge in [-0.1, -0.05) is 103 Å². The summed E-state index contributed by atoms with van der Waals surface area (Å²) in [6, 6.07) is 32.0. The van der Waals surface area contributed by atoms with E-state index in [9.17, 15) is 0 Å². The molecular weight excluding hydrogens is 388 g/mol. The SMILES string of the molecule is C1=C2C(=CCCC1)C(c1ccccc1)(c1ccccc1)c1cnc(-c3ccccc3)nc12. The van der Waals surface area contributed by atoms with Crippen molar-refractivity contribution in [1.82, 2.24) is 9.97 Å². The van der Waals surface area contributed by atoms with Crippen LogP contribution in [0.2, 0.25) is 0 Å². The second-order valence-electron chi connectivity index (χ2n) is 8.47. The molecule has 2 nitrogen and oxygen atoms in total. The van der Waals surface area contributed by atoms with Gasteiger partial charge in [0.2, 0.25) is 0 Å². The minimum Gasteiger partial charge on any atom is -0.236 e. The topological polar surface area (TPSA) is 25.8 Å². The van der Waals surface area contributed by atoms with E-state index in [-0.39, 0.29) is 0 Å². The lowest BCUT2D eigenvalue weighted by Gasteiger charge is -2.33. The van der Waals surface area contributed by atoms with Gasteiger partial charge in [-0.2, -0.15) is 0 Å². The number of fused-ring (bicyclic) bond motifs is 3. The number of aromatic nitrogens is 2. The Kier molecular flexibility index (Phi) is 4.57. The predicted molar refractivity (Wildman–Crippen MR) is 130 cm³/mol. The van der Waals surface area contributed by atoms with E-state index in [0.717, 1.165) is 29.9 Å². The van der Waals surface area contributed by atoms with Crippen molar-refractivity contribution in [1.29, 1.82) is 0 Å². The smallest absolute Gasteiger partial charge is 0.159 e. The molecule has 0 saturated carbocycles. The summed E-state index contributed by atoms with van der Waals surface area (Å²) in [6.45, 7) is 0. The fraction of sp³-hybridized carbons (Fsp3) is 0.133. The molecule has 0 aliphatic heterocycles. The Bertz CT molecular complexity index is 1280. The molecule has 0 N–H and O–H groups in total. The summed E-state index contributed by atoms with van der Waals surface area (Å²) >= 11 is 0. The maximum Gasteiger partial charge on any atom is 0.159 e. The molecule has 4 aromatic rings. The Labute approximate surface area is 189 Å². The van der Waals surface area contributed by atoms with Crippen molar-refractivity contribution < 1.29 is 0 Å². The van der Waals surface area contributed by atoms with Crippen molar-refractivity contribution in [2.45, 2.75) is 24.7 Å². The lowest BCUT2D eigenvalue weighted by Crippen LogP contribution is -2.29. The van der Waals surface area contributed by atoms with Crippen molar-refractivity contribution in [2.24, 2.45) is 0 Å². The van der Waals surface area contributed by atoms with Crippen LogP contribution in [0, 0.1) is 0 Å². The molecule has 0 amide bonds. The third-order valence-corrected chi connectivity index (χ3v) is 6.69. The first-order valence-electron chi connectivity index (χ1n) is 11.3. The van der Waals surface area contributed by atoms with Gasteiger partial charge < -0.3 is 0 Å². The Morgan fingerprint density at radius 2 is 1.25 bits per heavy atom. The molecule has 154 valence electrons. The second-order valence-corrected chi connectivity index (χ2v) is 8.47. The van der Waals surface area contributed by atoms with Gasteiger partial charge >= 0.3 is 0 Å². The Morgan fingerprint density at radius 1 is 0.656 bits per heavy atom. The first-order chi connectivity index (χ1) is 15.9. The summed E-state index contributed by atoms with van der Waals surface area (Å²) in [6.07, 6.45) is 10.2. The van der Waals surface area contributed by atoms with Gasteiger partial charge in [0.15, 0.2) is 5.82 Å². The molecule has 0 saturated heterocycles. The first kappa shape index (κ1) is 18.9. The van der Waals surface area contributed by atoms with Gasteiger partial charge in [-0.05, 0) is 36.0 Å². The van der Waals surface area contributed by atoms with Crippen LogP contribution in [-0.2, 0) is 5.41 Å². The fourth-order valence-corrected chi connectivity index (χ4v) is 5.31. The monoisotopic (exact) mass is 412 g/mol. The normalized spacial score (nSPS) is 16.4. The highest BCUT2D eigenvalue weighted by Crippen LogP contribution is 2.57. The Balaban J connectivity index is 1.70. The summed E-state index contributed by atoms with van der Waals surface area (Å²) in [5.41, 5.74) is 8.04. The quantitative estimate of drug-likeness (QED) is 0.362. The van der Waals surface area contributed by atoms with Gasteiger partial charge in [0, 0.05) is 22.9 Å². The maximum absolute atomic E-state index is 5.18. The van der Waals surface area contributed by atoms with Gasteiger partial charge in [-0.25, -0.2) is 9.97 Å². The molecule has 0 bridgehead atoms. The fourth-order valence-electron chi connectivity index (χ4n) is 5.31. The van der Waals surface area contributed by atoms with Crippen molar-refractivity contribution in [3.05, 3.63) is 137 Å². The average Bonchev–Trinajstić information content (AvgIpc) is 2.99. The largest absolute Gasteiger partial charge is 0.236 e. The standard InChI is InChI=1S/C30H24N2/c1-5-13-22(14-6-1)29-31-21-27-28(32-29)25-19-11-4-12-20-26(25)30(27,23-15-7-2-8-16-23)24-17-9-3-10-18-24/h1-3,5-10,13-21H,4,11-12H2. The lowest BCUT2D eigenvalue weighted by molar-refractivity contribution is 0.752. The van der Waals surface area contributed by atoms with Crippen LogP contribution < -0.4 is 0 Å². The molecule has 0 fully saturated rings. The van der Waals surface area contributed by atoms with Crippen LogP contribution in [0.5, 0.6) is 0 Å². The van der Waals surface area contributed by atoms with Crippen LogP contribution in [0.3, 0.4) is 0 Å². The van der Waals surface area contributed by atoms with Crippen LogP contribution >= 0.6 is 0 Å². The van der Waals surface area contributed by atoms with Crippen LogP contribution in [0.4, 0.5) is 0 Å². The number of benzene rings is 3. The zero-order valence-corrected chi connectivity index (χ0v) is 17.9. The molecule has 0 atom stereocenters.